The van der Waals surface area contributed by atoms with Crippen LogP contribution in [-0.2, 0) is 17.4 Å². The third-order valence-electron chi connectivity index (χ3n) is 5.03. The van der Waals surface area contributed by atoms with Gasteiger partial charge in [0.05, 0.1) is 0 Å². The van der Waals surface area contributed by atoms with Gasteiger partial charge in [-0.05, 0) is 56.6 Å². The van der Waals surface area contributed by atoms with Crippen LogP contribution >= 0.6 is 0 Å². The van der Waals surface area contributed by atoms with Crippen molar-refractivity contribution in [3.05, 3.63) is 58.9 Å². The number of nitrogens with zero attached hydrogens (tertiary/aromatic N) is 3. The van der Waals surface area contributed by atoms with Gasteiger partial charge in [0.15, 0.2) is 0 Å². The van der Waals surface area contributed by atoms with Crippen LogP contribution in [-0.4, -0.2) is 40.4 Å². The predicted octanol–water partition coefficient (Wildman–Crippen LogP) is 3.83. The molecular formula is C21H24F4N4O. The second-order valence-corrected chi connectivity index (χ2v) is 7.40. The Bertz CT molecular complexity index is 864. The fourth-order valence-corrected chi connectivity index (χ4v) is 3.63. The van der Waals surface area contributed by atoms with E-state index in [0.717, 1.165) is 38.4 Å². The molecule has 1 fully saturated rings. The summed E-state index contributed by atoms with van der Waals surface area (Å²) >= 11 is 0. The SMILES string of the molecule is Cc1cc(C(F)(F)F)nc(CCNC(=O)C(c2ccc(F)cc2)N2CCCCC2)n1. The lowest BCUT2D eigenvalue weighted by atomic mass is 10.0. The van der Waals surface area contributed by atoms with E-state index in [-0.39, 0.29) is 36.2 Å². The second-order valence-electron chi connectivity index (χ2n) is 7.40. The standard InChI is InChI=1S/C21H24F4N4O/c1-14-13-17(21(23,24)25)28-18(27-14)9-10-26-20(30)19(29-11-3-2-4-12-29)15-5-7-16(22)8-6-15/h5-8,13,19H,2-4,9-12H2,1H3,(H,26,30). The van der Waals surface area contributed by atoms with Crippen molar-refractivity contribution >= 4 is 5.91 Å². The number of nitrogens with one attached hydrogen (secondary N) is 1. The largest absolute Gasteiger partial charge is 0.433 e. The van der Waals surface area contributed by atoms with Gasteiger partial charge in [-0.3, -0.25) is 9.69 Å². The maximum absolute atomic E-state index is 13.3. The van der Waals surface area contributed by atoms with Crippen LogP contribution < -0.4 is 5.32 Å². The summed E-state index contributed by atoms with van der Waals surface area (Å²) in [6.07, 6.45) is -1.43. The summed E-state index contributed by atoms with van der Waals surface area (Å²) in [6, 6.07) is 6.14. The molecule has 0 bridgehead atoms. The van der Waals surface area contributed by atoms with Crippen LogP contribution in [0.4, 0.5) is 17.6 Å². The summed E-state index contributed by atoms with van der Waals surface area (Å²) in [5.41, 5.74) is -0.0908. The first-order valence-corrected chi connectivity index (χ1v) is 9.93. The number of benzene rings is 1. The monoisotopic (exact) mass is 424 g/mol. The van der Waals surface area contributed by atoms with E-state index >= 15 is 0 Å². The van der Waals surface area contributed by atoms with Crippen LogP contribution in [0.15, 0.2) is 30.3 Å². The molecule has 0 saturated carbocycles. The molecule has 9 heteroatoms. The molecule has 2 heterocycles. The van der Waals surface area contributed by atoms with Gasteiger partial charge < -0.3 is 5.32 Å². The van der Waals surface area contributed by atoms with Crippen molar-refractivity contribution in [1.82, 2.24) is 20.2 Å². The van der Waals surface area contributed by atoms with E-state index in [1.165, 1.54) is 19.1 Å². The van der Waals surface area contributed by atoms with Crippen molar-refractivity contribution in [2.24, 2.45) is 0 Å². The van der Waals surface area contributed by atoms with Gasteiger partial charge in [-0.15, -0.1) is 0 Å². The fraction of sp³-hybridized carbons (Fsp3) is 0.476. The first kappa shape index (κ1) is 22.1. The Hall–Kier alpha value is -2.55. The molecule has 3 rings (SSSR count). The number of aryl methyl sites for hydroxylation is 1. The van der Waals surface area contributed by atoms with Gasteiger partial charge in [-0.1, -0.05) is 18.6 Å². The Morgan fingerprint density at radius 2 is 1.80 bits per heavy atom. The molecule has 5 nitrogen and oxygen atoms in total. The van der Waals surface area contributed by atoms with E-state index in [1.54, 1.807) is 12.1 Å². The van der Waals surface area contributed by atoms with E-state index < -0.39 is 17.9 Å². The summed E-state index contributed by atoms with van der Waals surface area (Å²) in [4.78, 5) is 22.6. The van der Waals surface area contributed by atoms with Crippen molar-refractivity contribution in [2.45, 2.75) is 44.8 Å². The zero-order chi connectivity index (χ0) is 21.7. The summed E-state index contributed by atoms with van der Waals surface area (Å²) in [7, 11) is 0. The van der Waals surface area contributed by atoms with Gasteiger partial charge in [-0.2, -0.15) is 13.2 Å². The van der Waals surface area contributed by atoms with Crippen molar-refractivity contribution in [3.63, 3.8) is 0 Å². The second kappa shape index (κ2) is 9.51. The third-order valence-corrected chi connectivity index (χ3v) is 5.03. The highest BCUT2D eigenvalue weighted by molar-refractivity contribution is 5.83. The molecule has 1 N–H and O–H groups in total. The van der Waals surface area contributed by atoms with Gasteiger partial charge in [0.1, 0.15) is 23.4 Å². The van der Waals surface area contributed by atoms with Gasteiger partial charge >= 0.3 is 6.18 Å². The molecule has 1 aromatic heterocycles. The number of likely N-dealkylation sites (tertiary alicyclic amines) is 1. The summed E-state index contributed by atoms with van der Waals surface area (Å²) in [5, 5.41) is 2.78. The minimum atomic E-state index is -4.55. The lowest BCUT2D eigenvalue weighted by Crippen LogP contribution is -2.43. The van der Waals surface area contributed by atoms with E-state index in [4.69, 9.17) is 0 Å². The Balaban J connectivity index is 1.69. The Morgan fingerprint density at radius 1 is 1.13 bits per heavy atom. The maximum Gasteiger partial charge on any atom is 0.433 e. The molecule has 0 radical (unpaired) electrons. The highest BCUT2D eigenvalue weighted by Crippen LogP contribution is 2.28. The number of alkyl halides is 3. The number of amides is 1. The Kier molecular flexibility index (Phi) is 7.02. The Morgan fingerprint density at radius 3 is 2.43 bits per heavy atom. The van der Waals surface area contributed by atoms with Crippen LogP contribution in [0.25, 0.3) is 0 Å². The smallest absolute Gasteiger partial charge is 0.354 e. The zero-order valence-electron chi connectivity index (χ0n) is 16.7. The summed E-state index contributed by atoms with van der Waals surface area (Å²) < 4.78 is 52.1. The number of carbonyl (C=O) groups excluding carboxylic acids is 1. The summed E-state index contributed by atoms with van der Waals surface area (Å²) in [6.45, 7) is 3.09. The molecule has 1 aromatic carbocycles. The number of hydrogen-bond acceptors (Lipinski definition) is 4. The number of aromatic nitrogens is 2. The van der Waals surface area contributed by atoms with Gasteiger partial charge in [-0.25, -0.2) is 14.4 Å². The normalized spacial score (nSPS) is 16.3. The number of piperidine rings is 1. The molecule has 0 spiro atoms. The number of hydrogen-bond donors (Lipinski definition) is 1. The first-order chi connectivity index (χ1) is 14.2. The van der Waals surface area contributed by atoms with Crippen LogP contribution in [0.5, 0.6) is 0 Å². The third kappa shape index (κ3) is 5.75. The molecule has 1 saturated heterocycles. The molecule has 162 valence electrons. The fourth-order valence-electron chi connectivity index (χ4n) is 3.63. The molecule has 30 heavy (non-hydrogen) atoms. The molecule has 1 aliphatic rings. The lowest BCUT2D eigenvalue weighted by Gasteiger charge is -2.34. The average Bonchev–Trinajstić information content (AvgIpc) is 2.69. The molecule has 1 aliphatic heterocycles. The van der Waals surface area contributed by atoms with Crippen LogP contribution in [0.1, 0.15) is 48.1 Å². The Labute approximate surface area is 172 Å². The van der Waals surface area contributed by atoms with Crippen molar-refractivity contribution in [2.75, 3.05) is 19.6 Å². The van der Waals surface area contributed by atoms with E-state index in [1.807, 2.05) is 0 Å². The van der Waals surface area contributed by atoms with Crippen LogP contribution in [0.2, 0.25) is 0 Å². The van der Waals surface area contributed by atoms with Crippen LogP contribution in [0.3, 0.4) is 0 Å². The van der Waals surface area contributed by atoms with Gasteiger partial charge in [0.25, 0.3) is 0 Å². The van der Waals surface area contributed by atoms with E-state index in [2.05, 4.69) is 20.2 Å². The van der Waals surface area contributed by atoms with E-state index in [0.29, 0.717) is 5.56 Å². The predicted molar refractivity (Wildman–Crippen MR) is 103 cm³/mol. The quantitative estimate of drug-likeness (QED) is 0.717. The number of halogens is 4. The zero-order valence-corrected chi connectivity index (χ0v) is 16.7. The van der Waals surface area contributed by atoms with Crippen molar-refractivity contribution < 1.29 is 22.4 Å². The average molecular weight is 424 g/mol. The molecule has 1 unspecified atom stereocenters. The maximum atomic E-state index is 13.3. The van der Waals surface area contributed by atoms with Gasteiger partial charge in [0, 0.05) is 18.7 Å². The number of rotatable bonds is 6. The minimum Gasteiger partial charge on any atom is -0.354 e. The molecule has 1 atom stereocenters. The van der Waals surface area contributed by atoms with E-state index in [9.17, 15) is 22.4 Å². The van der Waals surface area contributed by atoms with Crippen molar-refractivity contribution in [3.8, 4) is 0 Å². The minimum absolute atomic E-state index is 0.0268. The number of carbonyl (C=O) groups is 1. The topological polar surface area (TPSA) is 58.1 Å². The first-order valence-electron chi connectivity index (χ1n) is 9.93. The molecular weight excluding hydrogens is 400 g/mol. The highest BCUT2D eigenvalue weighted by atomic mass is 19.4. The van der Waals surface area contributed by atoms with Crippen molar-refractivity contribution in [1.29, 1.82) is 0 Å². The van der Waals surface area contributed by atoms with Gasteiger partial charge in [0.2, 0.25) is 5.91 Å². The summed E-state index contributed by atoms with van der Waals surface area (Å²) in [5.74, 6) is -0.625. The van der Waals surface area contributed by atoms with Crippen LogP contribution in [0, 0.1) is 12.7 Å². The highest BCUT2D eigenvalue weighted by Gasteiger charge is 2.33. The molecule has 0 aliphatic carbocycles. The molecule has 1 amide bonds. The molecule has 2 aromatic rings. The lowest BCUT2D eigenvalue weighted by molar-refractivity contribution is -0.141.